The summed E-state index contributed by atoms with van der Waals surface area (Å²) in [6, 6.07) is 14.2. The maximum absolute atomic E-state index is 11.8. The molecule has 0 heterocycles. The van der Waals surface area contributed by atoms with Gasteiger partial charge >= 0.3 is 5.97 Å². The van der Waals surface area contributed by atoms with Gasteiger partial charge in [-0.2, -0.15) is 0 Å². The first-order valence-electron chi connectivity index (χ1n) is 7.77. The first-order valence-corrected chi connectivity index (χ1v) is 8.75. The van der Waals surface area contributed by atoms with Crippen LogP contribution in [0.2, 0.25) is 0 Å². The number of ether oxygens (including phenoxy) is 1. The molecule has 130 valence electrons. The van der Waals surface area contributed by atoms with Crippen LogP contribution >= 0.6 is 11.8 Å². The first-order chi connectivity index (χ1) is 12.1. The van der Waals surface area contributed by atoms with Crippen molar-refractivity contribution in [3.63, 3.8) is 0 Å². The molecule has 0 bridgehead atoms. The Morgan fingerprint density at radius 3 is 2.40 bits per heavy atom. The van der Waals surface area contributed by atoms with Gasteiger partial charge in [0.15, 0.2) is 6.61 Å². The highest BCUT2D eigenvalue weighted by molar-refractivity contribution is 7.99. The molecule has 6 heteroatoms. The molecule has 0 aliphatic rings. The third-order valence-corrected chi connectivity index (χ3v) is 4.34. The van der Waals surface area contributed by atoms with E-state index in [2.05, 4.69) is 5.32 Å². The summed E-state index contributed by atoms with van der Waals surface area (Å²) >= 11 is 1.64. The lowest BCUT2D eigenvalue weighted by Gasteiger charge is -2.07. The average Bonchev–Trinajstić information content (AvgIpc) is 2.64. The van der Waals surface area contributed by atoms with Crippen molar-refractivity contribution in [2.45, 2.75) is 11.8 Å². The Morgan fingerprint density at radius 1 is 1.08 bits per heavy atom. The Morgan fingerprint density at radius 2 is 1.76 bits per heavy atom. The molecule has 0 radical (unpaired) electrons. The number of carbonyl (C=O) groups is 3. The van der Waals surface area contributed by atoms with Crippen LogP contribution in [0, 0.1) is 6.92 Å². The minimum absolute atomic E-state index is 0.299. The van der Waals surface area contributed by atoms with E-state index in [1.165, 1.54) is 29.8 Å². The normalized spacial score (nSPS) is 10.1. The van der Waals surface area contributed by atoms with Crippen molar-refractivity contribution in [3.8, 4) is 0 Å². The van der Waals surface area contributed by atoms with Gasteiger partial charge in [0.05, 0.1) is 5.56 Å². The van der Waals surface area contributed by atoms with Gasteiger partial charge in [-0.1, -0.05) is 29.8 Å². The Labute approximate surface area is 150 Å². The van der Waals surface area contributed by atoms with Crippen LogP contribution in [0.25, 0.3) is 0 Å². The van der Waals surface area contributed by atoms with Gasteiger partial charge in [0, 0.05) is 22.8 Å². The maximum atomic E-state index is 11.8. The predicted molar refractivity (Wildman–Crippen MR) is 97.0 cm³/mol. The maximum Gasteiger partial charge on any atom is 0.338 e. The largest absolute Gasteiger partial charge is 0.452 e. The van der Waals surface area contributed by atoms with E-state index in [9.17, 15) is 14.4 Å². The monoisotopic (exact) mass is 357 g/mol. The second-order valence-electron chi connectivity index (χ2n) is 5.33. The van der Waals surface area contributed by atoms with Crippen LogP contribution in [0.15, 0.2) is 53.4 Å². The van der Waals surface area contributed by atoms with Crippen LogP contribution in [0.1, 0.15) is 26.3 Å². The quantitative estimate of drug-likeness (QED) is 0.340. The van der Waals surface area contributed by atoms with Gasteiger partial charge in [-0.25, -0.2) is 4.79 Å². The smallest absolute Gasteiger partial charge is 0.338 e. The number of esters is 1. The summed E-state index contributed by atoms with van der Waals surface area (Å²) in [5.74, 6) is -0.209. The Hall–Kier alpha value is -2.60. The topological polar surface area (TPSA) is 72.5 Å². The number of thioether (sulfide) groups is 1. The minimum Gasteiger partial charge on any atom is -0.452 e. The van der Waals surface area contributed by atoms with E-state index < -0.39 is 5.97 Å². The molecule has 0 saturated carbocycles. The number of hydrogen-bond acceptors (Lipinski definition) is 5. The molecule has 25 heavy (non-hydrogen) atoms. The average molecular weight is 357 g/mol. The van der Waals surface area contributed by atoms with Crippen LogP contribution in [0.3, 0.4) is 0 Å². The van der Waals surface area contributed by atoms with Crippen LogP contribution < -0.4 is 5.32 Å². The van der Waals surface area contributed by atoms with Crippen LogP contribution in [-0.4, -0.2) is 37.1 Å². The van der Waals surface area contributed by atoms with Crippen molar-refractivity contribution in [3.05, 3.63) is 65.2 Å². The lowest BCUT2D eigenvalue weighted by atomic mass is 10.1. The number of benzene rings is 2. The molecule has 0 aliphatic carbocycles. The van der Waals surface area contributed by atoms with Gasteiger partial charge in [-0.05, 0) is 31.2 Å². The fraction of sp³-hybridized carbons (Fsp3) is 0.211. The van der Waals surface area contributed by atoms with Gasteiger partial charge in [-0.3, -0.25) is 9.59 Å². The highest BCUT2D eigenvalue weighted by Gasteiger charge is 2.09. The standard InChI is InChI=1S/C19H19NO4S/c1-14-2-8-17(9-3-14)25-11-10-20-18(22)13-24-19(23)16-6-4-15(12-21)5-7-16/h2-9,12H,10-11,13H2,1H3,(H,20,22). The number of nitrogens with one attached hydrogen (secondary N) is 1. The highest BCUT2D eigenvalue weighted by Crippen LogP contribution is 2.17. The molecule has 2 aromatic carbocycles. The summed E-state index contributed by atoms with van der Waals surface area (Å²) in [4.78, 5) is 35.2. The summed E-state index contributed by atoms with van der Waals surface area (Å²) in [5.41, 5.74) is 1.98. The molecule has 0 unspecified atom stereocenters. The zero-order chi connectivity index (χ0) is 18.1. The molecule has 0 aromatic heterocycles. The number of hydrogen-bond donors (Lipinski definition) is 1. The third-order valence-electron chi connectivity index (χ3n) is 3.33. The van der Waals surface area contributed by atoms with E-state index in [0.29, 0.717) is 24.0 Å². The lowest BCUT2D eigenvalue weighted by molar-refractivity contribution is -0.124. The Balaban J connectivity index is 1.65. The Kier molecular flexibility index (Phi) is 7.22. The molecule has 1 amide bonds. The summed E-state index contributed by atoms with van der Waals surface area (Å²) in [5, 5.41) is 2.71. The van der Waals surface area contributed by atoms with Crippen molar-refractivity contribution in [2.24, 2.45) is 0 Å². The molecule has 0 fully saturated rings. The van der Waals surface area contributed by atoms with Crippen LogP contribution in [-0.2, 0) is 9.53 Å². The van der Waals surface area contributed by atoms with Crippen molar-refractivity contribution in [1.29, 1.82) is 0 Å². The predicted octanol–water partition coefficient (Wildman–Crippen LogP) is 2.87. The summed E-state index contributed by atoms with van der Waals surface area (Å²) in [6.07, 6.45) is 0.692. The van der Waals surface area contributed by atoms with Crippen molar-refractivity contribution in [1.82, 2.24) is 5.32 Å². The van der Waals surface area contributed by atoms with Crippen molar-refractivity contribution in [2.75, 3.05) is 18.9 Å². The molecule has 0 spiro atoms. The number of aryl methyl sites for hydroxylation is 1. The Bertz CT molecular complexity index is 726. The van der Waals surface area contributed by atoms with E-state index >= 15 is 0 Å². The van der Waals surface area contributed by atoms with Gasteiger partial charge in [0.2, 0.25) is 0 Å². The van der Waals surface area contributed by atoms with Gasteiger partial charge in [0.25, 0.3) is 5.91 Å². The number of carbonyl (C=O) groups excluding carboxylic acids is 3. The molecule has 5 nitrogen and oxygen atoms in total. The van der Waals surface area contributed by atoms with Gasteiger partial charge in [-0.15, -0.1) is 11.8 Å². The van der Waals surface area contributed by atoms with Crippen molar-refractivity contribution < 1.29 is 19.1 Å². The molecule has 2 rings (SSSR count). The molecule has 2 aromatic rings. The zero-order valence-electron chi connectivity index (χ0n) is 13.9. The second-order valence-corrected chi connectivity index (χ2v) is 6.50. The molecule has 0 atom stereocenters. The van der Waals surface area contributed by atoms with E-state index in [4.69, 9.17) is 4.74 Å². The van der Waals surface area contributed by atoms with E-state index in [1.54, 1.807) is 11.8 Å². The summed E-state index contributed by atoms with van der Waals surface area (Å²) < 4.78 is 4.95. The van der Waals surface area contributed by atoms with Gasteiger partial charge in [0.1, 0.15) is 6.29 Å². The lowest BCUT2D eigenvalue weighted by Crippen LogP contribution is -2.30. The molecule has 1 N–H and O–H groups in total. The number of amides is 1. The first kappa shape index (κ1) is 18.7. The van der Waals surface area contributed by atoms with Crippen LogP contribution in [0.4, 0.5) is 0 Å². The van der Waals surface area contributed by atoms with E-state index in [1.807, 2.05) is 31.2 Å². The number of aldehydes is 1. The SMILES string of the molecule is Cc1ccc(SCCNC(=O)COC(=O)c2ccc(C=O)cc2)cc1. The second kappa shape index (κ2) is 9.64. The fourth-order valence-electron chi connectivity index (χ4n) is 1.96. The van der Waals surface area contributed by atoms with Gasteiger partial charge < -0.3 is 10.1 Å². The third kappa shape index (κ3) is 6.43. The van der Waals surface area contributed by atoms with E-state index in [0.717, 1.165) is 10.6 Å². The van der Waals surface area contributed by atoms with E-state index in [-0.39, 0.29) is 12.5 Å². The minimum atomic E-state index is -0.596. The summed E-state index contributed by atoms with van der Waals surface area (Å²) in [6.45, 7) is 2.19. The zero-order valence-corrected chi connectivity index (χ0v) is 14.7. The summed E-state index contributed by atoms with van der Waals surface area (Å²) in [7, 11) is 0. The molecule has 0 aliphatic heterocycles. The number of rotatable bonds is 8. The molecular formula is C19H19NO4S. The highest BCUT2D eigenvalue weighted by atomic mass is 32.2. The molecule has 0 saturated heterocycles. The van der Waals surface area contributed by atoms with Crippen LogP contribution in [0.5, 0.6) is 0 Å². The fourth-order valence-corrected chi connectivity index (χ4v) is 2.73. The van der Waals surface area contributed by atoms with Crippen molar-refractivity contribution >= 4 is 29.9 Å². The molecular weight excluding hydrogens is 338 g/mol.